The Kier molecular flexibility index (Phi) is 7.90. The van der Waals surface area contributed by atoms with Crippen molar-refractivity contribution in [3.63, 3.8) is 0 Å². The third-order valence-electron chi connectivity index (χ3n) is 4.37. The maximum Gasteiger partial charge on any atom is 0.162 e. The standard InChI is InChI=1S/C24H25N5S/c1-4-8-18(5-2)9-6-14-27-24-22-21(20(17-30-22)10-7-13-25-3)28-23(29-24)19-11-15-26-16-12-19/h4-5,8,11-12,15-17,25H,1-2,6,9,13-14H2,3H3,(H,27,28,29)/b18-8+. The number of aromatic nitrogens is 3. The Bertz CT molecular complexity index is 1100. The molecule has 5 nitrogen and oxygen atoms in total. The minimum atomic E-state index is 0.634. The number of thiophene rings is 1. The number of pyridine rings is 1. The molecule has 6 heteroatoms. The molecule has 0 aliphatic heterocycles. The Morgan fingerprint density at radius 1 is 1.23 bits per heavy atom. The first-order valence-corrected chi connectivity index (χ1v) is 10.7. The zero-order chi connectivity index (χ0) is 21.2. The summed E-state index contributed by atoms with van der Waals surface area (Å²) in [5, 5.41) is 8.59. The molecule has 0 aromatic carbocycles. The van der Waals surface area contributed by atoms with Gasteiger partial charge in [0.1, 0.15) is 11.3 Å². The highest BCUT2D eigenvalue weighted by Gasteiger charge is 2.14. The summed E-state index contributed by atoms with van der Waals surface area (Å²) in [6.45, 7) is 9.04. The van der Waals surface area contributed by atoms with Crippen LogP contribution in [0.5, 0.6) is 0 Å². The van der Waals surface area contributed by atoms with Crippen LogP contribution >= 0.6 is 11.3 Å². The fourth-order valence-corrected chi connectivity index (χ4v) is 3.79. The van der Waals surface area contributed by atoms with Gasteiger partial charge >= 0.3 is 0 Å². The van der Waals surface area contributed by atoms with Gasteiger partial charge < -0.3 is 10.6 Å². The lowest BCUT2D eigenvalue weighted by molar-refractivity contribution is 0.864. The summed E-state index contributed by atoms with van der Waals surface area (Å²) in [7, 11) is 1.88. The van der Waals surface area contributed by atoms with Gasteiger partial charge in [-0.2, -0.15) is 0 Å². The second-order valence-corrected chi connectivity index (χ2v) is 7.38. The fourth-order valence-electron chi connectivity index (χ4n) is 2.89. The maximum absolute atomic E-state index is 4.81. The van der Waals surface area contributed by atoms with Crippen molar-refractivity contribution in [2.45, 2.75) is 12.8 Å². The van der Waals surface area contributed by atoms with E-state index in [0.717, 1.165) is 46.5 Å². The SMILES string of the molecule is C=C/C=C(\C=C)CCCNc1nc(-c2ccncc2)nc2c(C#CCNC)csc12. The smallest absolute Gasteiger partial charge is 0.162 e. The van der Waals surface area contributed by atoms with Crippen LogP contribution in [-0.2, 0) is 0 Å². The predicted octanol–water partition coefficient (Wildman–Crippen LogP) is 4.81. The van der Waals surface area contributed by atoms with Crippen LogP contribution in [0, 0.1) is 11.8 Å². The van der Waals surface area contributed by atoms with Gasteiger partial charge in [-0.3, -0.25) is 4.98 Å². The van der Waals surface area contributed by atoms with Crippen LogP contribution in [0.15, 0.2) is 66.9 Å². The van der Waals surface area contributed by atoms with E-state index in [0.29, 0.717) is 12.4 Å². The molecule has 0 bridgehead atoms. The largest absolute Gasteiger partial charge is 0.369 e. The van der Waals surface area contributed by atoms with Gasteiger partial charge in [0.05, 0.1) is 16.8 Å². The van der Waals surface area contributed by atoms with Crippen LogP contribution in [0.25, 0.3) is 21.6 Å². The molecule has 30 heavy (non-hydrogen) atoms. The molecule has 3 heterocycles. The predicted molar refractivity (Wildman–Crippen MR) is 128 cm³/mol. The molecule has 0 aliphatic carbocycles. The van der Waals surface area contributed by atoms with Crippen LogP contribution in [0.1, 0.15) is 18.4 Å². The average Bonchev–Trinajstić information content (AvgIpc) is 3.19. The number of rotatable bonds is 9. The first-order valence-electron chi connectivity index (χ1n) is 9.77. The lowest BCUT2D eigenvalue weighted by Gasteiger charge is -2.09. The molecule has 0 spiro atoms. The van der Waals surface area contributed by atoms with Crippen molar-refractivity contribution in [2.75, 3.05) is 25.5 Å². The van der Waals surface area contributed by atoms with E-state index in [4.69, 9.17) is 9.97 Å². The van der Waals surface area contributed by atoms with Gasteiger partial charge in [0.2, 0.25) is 0 Å². The van der Waals surface area contributed by atoms with Gasteiger partial charge in [-0.25, -0.2) is 9.97 Å². The van der Waals surface area contributed by atoms with Crippen molar-refractivity contribution in [1.82, 2.24) is 20.3 Å². The van der Waals surface area contributed by atoms with Crippen molar-refractivity contribution < 1.29 is 0 Å². The first kappa shape index (κ1) is 21.4. The molecule has 3 aromatic rings. The van der Waals surface area contributed by atoms with Gasteiger partial charge in [0.25, 0.3) is 0 Å². The van der Waals surface area contributed by atoms with E-state index in [1.165, 1.54) is 5.57 Å². The Balaban J connectivity index is 1.90. The van der Waals surface area contributed by atoms with Gasteiger partial charge in [-0.15, -0.1) is 11.3 Å². The maximum atomic E-state index is 4.81. The molecule has 0 amide bonds. The van der Waals surface area contributed by atoms with E-state index in [9.17, 15) is 0 Å². The zero-order valence-corrected chi connectivity index (χ0v) is 17.9. The summed E-state index contributed by atoms with van der Waals surface area (Å²) in [5.41, 5.74) is 3.91. The van der Waals surface area contributed by atoms with Crippen LogP contribution in [-0.4, -0.2) is 35.1 Å². The summed E-state index contributed by atoms with van der Waals surface area (Å²) < 4.78 is 1.02. The first-order chi connectivity index (χ1) is 14.8. The molecule has 3 rings (SSSR count). The number of allylic oxidation sites excluding steroid dienone is 4. The molecule has 0 saturated heterocycles. The molecule has 0 unspecified atom stereocenters. The minimum absolute atomic E-state index is 0.634. The van der Waals surface area contributed by atoms with E-state index in [2.05, 4.69) is 40.6 Å². The summed E-state index contributed by atoms with van der Waals surface area (Å²) in [6.07, 6.45) is 11.1. The van der Waals surface area contributed by atoms with Gasteiger partial charge in [0.15, 0.2) is 5.82 Å². The van der Waals surface area contributed by atoms with Crippen molar-refractivity contribution >= 4 is 27.4 Å². The molecule has 3 aromatic heterocycles. The Hall–Kier alpha value is -3.27. The Labute approximate surface area is 181 Å². The highest BCUT2D eigenvalue weighted by Crippen LogP contribution is 2.32. The Morgan fingerprint density at radius 3 is 2.80 bits per heavy atom. The number of nitrogens with one attached hydrogen (secondary N) is 2. The van der Waals surface area contributed by atoms with E-state index < -0.39 is 0 Å². The lowest BCUT2D eigenvalue weighted by Crippen LogP contribution is -2.05. The normalized spacial score (nSPS) is 11.0. The topological polar surface area (TPSA) is 62.7 Å². The highest BCUT2D eigenvalue weighted by molar-refractivity contribution is 7.18. The molecule has 0 fully saturated rings. The molecule has 2 N–H and O–H groups in total. The number of fused-ring (bicyclic) bond motifs is 1. The molecule has 152 valence electrons. The summed E-state index contributed by atoms with van der Waals surface area (Å²) in [4.78, 5) is 13.7. The van der Waals surface area contributed by atoms with Gasteiger partial charge in [0, 0.05) is 29.9 Å². The van der Waals surface area contributed by atoms with Crippen LogP contribution < -0.4 is 10.6 Å². The summed E-state index contributed by atoms with van der Waals surface area (Å²) >= 11 is 1.62. The van der Waals surface area contributed by atoms with Crippen molar-refractivity contribution in [1.29, 1.82) is 0 Å². The number of hydrogen-bond donors (Lipinski definition) is 2. The second-order valence-electron chi connectivity index (χ2n) is 6.50. The minimum Gasteiger partial charge on any atom is -0.369 e. The van der Waals surface area contributed by atoms with Crippen molar-refractivity contribution in [2.24, 2.45) is 0 Å². The van der Waals surface area contributed by atoms with E-state index in [1.54, 1.807) is 29.8 Å². The zero-order valence-electron chi connectivity index (χ0n) is 17.1. The molecule has 0 saturated carbocycles. The third kappa shape index (κ3) is 5.41. The molecule has 0 radical (unpaired) electrons. The fraction of sp³-hybridized carbons (Fsp3) is 0.208. The van der Waals surface area contributed by atoms with Crippen molar-refractivity contribution in [3.05, 3.63) is 72.4 Å². The average molecular weight is 416 g/mol. The van der Waals surface area contributed by atoms with Gasteiger partial charge in [-0.05, 0) is 37.6 Å². The van der Waals surface area contributed by atoms with E-state index in [1.807, 2.05) is 36.7 Å². The lowest BCUT2D eigenvalue weighted by atomic mass is 10.1. The number of hydrogen-bond acceptors (Lipinski definition) is 6. The third-order valence-corrected chi connectivity index (χ3v) is 5.35. The number of anilines is 1. The summed E-state index contributed by atoms with van der Waals surface area (Å²) in [5.74, 6) is 7.85. The quantitative estimate of drug-likeness (QED) is 0.298. The van der Waals surface area contributed by atoms with E-state index in [-0.39, 0.29) is 0 Å². The molecular formula is C24H25N5S. The van der Waals surface area contributed by atoms with Crippen LogP contribution in [0.3, 0.4) is 0 Å². The van der Waals surface area contributed by atoms with E-state index >= 15 is 0 Å². The van der Waals surface area contributed by atoms with Crippen molar-refractivity contribution in [3.8, 4) is 23.2 Å². The summed E-state index contributed by atoms with van der Waals surface area (Å²) in [6, 6.07) is 3.83. The molecule has 0 atom stereocenters. The van der Waals surface area contributed by atoms with Crippen LogP contribution in [0.2, 0.25) is 0 Å². The highest BCUT2D eigenvalue weighted by atomic mass is 32.1. The molecular weight excluding hydrogens is 390 g/mol. The Morgan fingerprint density at radius 2 is 2.07 bits per heavy atom. The number of nitrogens with zero attached hydrogens (tertiary/aromatic N) is 3. The molecule has 0 aliphatic rings. The monoisotopic (exact) mass is 415 g/mol. The van der Waals surface area contributed by atoms with Crippen LogP contribution in [0.4, 0.5) is 5.82 Å². The van der Waals surface area contributed by atoms with Gasteiger partial charge in [-0.1, -0.05) is 43.2 Å². The second kappa shape index (κ2) is 11.1.